The number of nitrogens with zero attached hydrogens (tertiary/aromatic N) is 2. The minimum atomic E-state index is -0.477. The van der Waals surface area contributed by atoms with E-state index in [2.05, 4.69) is 5.32 Å². The highest BCUT2D eigenvalue weighted by Crippen LogP contribution is 2.29. The fourth-order valence-electron chi connectivity index (χ4n) is 3.75. The molecule has 27 heavy (non-hydrogen) atoms. The minimum absolute atomic E-state index is 0.0916. The van der Waals surface area contributed by atoms with Gasteiger partial charge in [0, 0.05) is 30.9 Å². The van der Waals surface area contributed by atoms with E-state index in [-0.39, 0.29) is 11.6 Å². The number of nitro benzene ring substituents is 1. The van der Waals surface area contributed by atoms with Crippen LogP contribution in [0.25, 0.3) is 0 Å². The van der Waals surface area contributed by atoms with Gasteiger partial charge in [-0.2, -0.15) is 0 Å². The second kappa shape index (κ2) is 7.36. The van der Waals surface area contributed by atoms with E-state index < -0.39 is 4.92 Å². The van der Waals surface area contributed by atoms with Crippen LogP contribution in [-0.4, -0.2) is 37.1 Å². The van der Waals surface area contributed by atoms with Crippen LogP contribution in [0.2, 0.25) is 0 Å². The van der Waals surface area contributed by atoms with Crippen molar-refractivity contribution >= 4 is 23.0 Å². The molecule has 0 saturated carbocycles. The van der Waals surface area contributed by atoms with Gasteiger partial charge in [0.2, 0.25) is 0 Å². The molecule has 1 aliphatic heterocycles. The van der Waals surface area contributed by atoms with Crippen LogP contribution in [0.4, 0.5) is 17.1 Å². The van der Waals surface area contributed by atoms with Crippen LogP contribution in [0.15, 0.2) is 36.4 Å². The Labute approximate surface area is 157 Å². The van der Waals surface area contributed by atoms with Gasteiger partial charge in [0.25, 0.3) is 11.6 Å². The number of morpholine rings is 1. The van der Waals surface area contributed by atoms with Gasteiger partial charge in [-0.1, -0.05) is 6.07 Å². The first kappa shape index (κ1) is 17.5. The predicted octanol–water partition coefficient (Wildman–Crippen LogP) is 3.17. The molecule has 2 aromatic rings. The van der Waals surface area contributed by atoms with E-state index in [1.165, 1.54) is 23.3 Å². The Bertz CT molecular complexity index is 891. The second-order valence-corrected chi connectivity index (χ2v) is 6.85. The number of ether oxygens (including phenoxy) is 1. The molecule has 2 aliphatic rings. The number of nitrogens with one attached hydrogen (secondary N) is 1. The third-order valence-electron chi connectivity index (χ3n) is 5.14. The quantitative estimate of drug-likeness (QED) is 0.663. The van der Waals surface area contributed by atoms with Gasteiger partial charge in [0.1, 0.15) is 0 Å². The summed E-state index contributed by atoms with van der Waals surface area (Å²) in [5.41, 5.74) is 4.23. The zero-order valence-corrected chi connectivity index (χ0v) is 14.9. The molecule has 2 aromatic carbocycles. The van der Waals surface area contributed by atoms with E-state index in [9.17, 15) is 14.9 Å². The molecule has 1 heterocycles. The summed E-state index contributed by atoms with van der Waals surface area (Å²) in [4.78, 5) is 25.7. The van der Waals surface area contributed by atoms with Gasteiger partial charge >= 0.3 is 0 Å². The van der Waals surface area contributed by atoms with Crippen molar-refractivity contribution in [2.24, 2.45) is 0 Å². The van der Waals surface area contributed by atoms with E-state index in [1.807, 2.05) is 23.1 Å². The highest BCUT2D eigenvalue weighted by molar-refractivity contribution is 6.08. The van der Waals surface area contributed by atoms with Crippen LogP contribution in [0.5, 0.6) is 0 Å². The number of benzene rings is 2. The van der Waals surface area contributed by atoms with Crippen LogP contribution in [-0.2, 0) is 17.6 Å². The molecule has 7 heteroatoms. The number of nitro groups is 1. The number of carbonyl (C=O) groups excluding carboxylic acids is 1. The molecular weight excluding hydrogens is 346 g/mol. The Kier molecular flexibility index (Phi) is 4.77. The molecule has 0 radical (unpaired) electrons. The molecule has 1 fully saturated rings. The lowest BCUT2D eigenvalue weighted by Gasteiger charge is -2.30. The maximum atomic E-state index is 13.0. The van der Waals surface area contributed by atoms with Crippen molar-refractivity contribution in [2.45, 2.75) is 19.3 Å². The summed E-state index contributed by atoms with van der Waals surface area (Å²) >= 11 is 0. The van der Waals surface area contributed by atoms with E-state index >= 15 is 0 Å². The van der Waals surface area contributed by atoms with Gasteiger partial charge in [0.05, 0.1) is 29.4 Å². The monoisotopic (exact) mass is 367 g/mol. The van der Waals surface area contributed by atoms with Crippen molar-refractivity contribution in [1.82, 2.24) is 0 Å². The van der Waals surface area contributed by atoms with Crippen molar-refractivity contribution in [3.05, 3.63) is 63.2 Å². The van der Waals surface area contributed by atoms with Crippen molar-refractivity contribution in [3.8, 4) is 0 Å². The average Bonchev–Trinajstić information content (AvgIpc) is 3.16. The maximum Gasteiger partial charge on any atom is 0.270 e. The van der Waals surface area contributed by atoms with Gasteiger partial charge in [-0.25, -0.2) is 0 Å². The lowest BCUT2D eigenvalue weighted by Crippen LogP contribution is -2.37. The largest absolute Gasteiger partial charge is 0.378 e. The summed E-state index contributed by atoms with van der Waals surface area (Å²) in [5.74, 6) is -0.335. The normalized spacial score (nSPS) is 16.1. The van der Waals surface area contributed by atoms with Crippen LogP contribution in [0, 0.1) is 10.1 Å². The topological polar surface area (TPSA) is 84.7 Å². The smallest absolute Gasteiger partial charge is 0.270 e. The predicted molar refractivity (Wildman–Crippen MR) is 103 cm³/mol. The number of hydrogen-bond acceptors (Lipinski definition) is 5. The molecule has 1 N–H and O–H groups in total. The summed E-state index contributed by atoms with van der Waals surface area (Å²) in [5, 5.41) is 14.1. The molecule has 1 amide bonds. The van der Waals surface area contributed by atoms with Crippen LogP contribution >= 0.6 is 0 Å². The second-order valence-electron chi connectivity index (χ2n) is 6.85. The SMILES string of the molecule is O=C(Nc1ccc2c(c1)CCC2)c1cc([N+](=O)[O-])ccc1N1CCOCC1. The Balaban J connectivity index is 1.64. The summed E-state index contributed by atoms with van der Waals surface area (Å²) < 4.78 is 5.37. The number of non-ortho nitro benzene ring substituents is 1. The van der Waals surface area contributed by atoms with Crippen LogP contribution in [0.3, 0.4) is 0 Å². The molecule has 4 rings (SSSR count). The standard InChI is InChI=1S/C20H21N3O4/c24-20(21-16-5-4-14-2-1-3-15(14)12-16)18-13-17(23(25)26)6-7-19(18)22-8-10-27-11-9-22/h4-7,12-13H,1-3,8-11H2,(H,21,24). The fourth-order valence-corrected chi connectivity index (χ4v) is 3.75. The number of hydrogen-bond donors (Lipinski definition) is 1. The van der Waals surface area contributed by atoms with Gasteiger partial charge in [-0.15, -0.1) is 0 Å². The van der Waals surface area contributed by atoms with E-state index in [4.69, 9.17) is 4.74 Å². The summed E-state index contributed by atoms with van der Waals surface area (Å²) in [6, 6.07) is 10.4. The summed E-state index contributed by atoms with van der Waals surface area (Å²) in [6.45, 7) is 2.44. The number of carbonyl (C=O) groups is 1. The molecule has 0 atom stereocenters. The van der Waals surface area contributed by atoms with E-state index in [0.29, 0.717) is 37.6 Å². The van der Waals surface area contributed by atoms with Crippen molar-refractivity contribution < 1.29 is 14.5 Å². The molecule has 1 saturated heterocycles. The number of amides is 1. The number of rotatable bonds is 4. The first-order valence-corrected chi connectivity index (χ1v) is 9.16. The summed E-state index contributed by atoms with van der Waals surface area (Å²) in [6.07, 6.45) is 3.24. The molecule has 1 aliphatic carbocycles. The molecular formula is C20H21N3O4. The number of aryl methyl sites for hydroxylation is 2. The molecule has 0 bridgehead atoms. The molecule has 7 nitrogen and oxygen atoms in total. The Morgan fingerprint density at radius 3 is 2.63 bits per heavy atom. The lowest BCUT2D eigenvalue weighted by molar-refractivity contribution is -0.384. The highest BCUT2D eigenvalue weighted by atomic mass is 16.6. The van der Waals surface area contributed by atoms with Gasteiger partial charge < -0.3 is 15.0 Å². The van der Waals surface area contributed by atoms with Gasteiger partial charge in [-0.05, 0) is 48.6 Å². The molecule has 140 valence electrons. The Hall–Kier alpha value is -2.93. The Morgan fingerprint density at radius 2 is 1.85 bits per heavy atom. The van der Waals surface area contributed by atoms with Crippen molar-refractivity contribution in [2.75, 3.05) is 36.5 Å². The molecule has 0 spiro atoms. The third-order valence-corrected chi connectivity index (χ3v) is 5.14. The number of anilines is 2. The molecule has 0 unspecified atom stereocenters. The van der Waals surface area contributed by atoms with Gasteiger partial charge in [0.15, 0.2) is 0 Å². The first-order chi connectivity index (χ1) is 13.1. The zero-order valence-electron chi connectivity index (χ0n) is 14.9. The lowest BCUT2D eigenvalue weighted by atomic mass is 10.1. The number of fused-ring (bicyclic) bond motifs is 1. The van der Waals surface area contributed by atoms with Gasteiger partial charge in [-0.3, -0.25) is 14.9 Å². The van der Waals surface area contributed by atoms with Crippen LogP contribution in [0.1, 0.15) is 27.9 Å². The summed E-state index contributed by atoms with van der Waals surface area (Å²) in [7, 11) is 0. The van der Waals surface area contributed by atoms with Crippen molar-refractivity contribution in [1.29, 1.82) is 0 Å². The van der Waals surface area contributed by atoms with E-state index in [1.54, 1.807) is 6.07 Å². The maximum absolute atomic E-state index is 13.0. The van der Waals surface area contributed by atoms with Crippen LogP contribution < -0.4 is 10.2 Å². The first-order valence-electron chi connectivity index (χ1n) is 9.16. The zero-order chi connectivity index (χ0) is 18.8. The van der Waals surface area contributed by atoms with Crippen molar-refractivity contribution in [3.63, 3.8) is 0 Å². The Morgan fingerprint density at radius 1 is 1.07 bits per heavy atom. The molecule has 0 aromatic heterocycles. The minimum Gasteiger partial charge on any atom is -0.378 e. The highest BCUT2D eigenvalue weighted by Gasteiger charge is 2.22. The van der Waals surface area contributed by atoms with E-state index in [0.717, 1.165) is 24.9 Å². The average molecular weight is 367 g/mol. The third kappa shape index (κ3) is 3.64. The fraction of sp³-hybridized carbons (Fsp3) is 0.350.